The van der Waals surface area contributed by atoms with Crippen LogP contribution in [0.25, 0.3) is 0 Å². The molecule has 1 rings (SSSR count). The van der Waals surface area contributed by atoms with Gasteiger partial charge in [0.1, 0.15) is 12.7 Å². The molecule has 1 aliphatic rings. The van der Waals surface area contributed by atoms with E-state index in [4.69, 9.17) is 9.47 Å². The molecule has 0 saturated carbocycles. The van der Waals surface area contributed by atoms with Crippen LogP contribution in [-0.4, -0.2) is 25.3 Å². The number of carbonyl (C=O) groups excluding carboxylic acids is 1. The van der Waals surface area contributed by atoms with E-state index in [0.717, 1.165) is 19.4 Å². The van der Waals surface area contributed by atoms with Gasteiger partial charge in [-0.25, -0.2) is 0 Å². The van der Waals surface area contributed by atoms with E-state index in [0.29, 0.717) is 13.0 Å². The average molecular weight is 312 g/mol. The predicted molar refractivity (Wildman–Crippen MR) is 91.0 cm³/mol. The van der Waals surface area contributed by atoms with Gasteiger partial charge in [0.15, 0.2) is 0 Å². The van der Waals surface area contributed by atoms with Crippen LogP contribution in [0.15, 0.2) is 0 Å². The average Bonchev–Trinajstić information content (AvgIpc) is 3.34. The molecule has 3 nitrogen and oxygen atoms in total. The fourth-order valence-electron chi connectivity index (χ4n) is 2.71. The maximum absolute atomic E-state index is 11.4. The number of hydrogen-bond acceptors (Lipinski definition) is 3. The van der Waals surface area contributed by atoms with Gasteiger partial charge in [0.25, 0.3) is 0 Å². The lowest BCUT2D eigenvalue weighted by Gasteiger charge is -2.04. The fourth-order valence-corrected chi connectivity index (χ4v) is 2.71. The van der Waals surface area contributed by atoms with Gasteiger partial charge >= 0.3 is 5.97 Å². The van der Waals surface area contributed by atoms with E-state index in [2.05, 4.69) is 6.92 Å². The van der Waals surface area contributed by atoms with Crippen LogP contribution in [0.1, 0.15) is 96.8 Å². The van der Waals surface area contributed by atoms with Gasteiger partial charge in [0, 0.05) is 6.42 Å². The summed E-state index contributed by atoms with van der Waals surface area (Å²) in [5.74, 6) is -0.0569. The van der Waals surface area contributed by atoms with Crippen LogP contribution in [0, 0.1) is 0 Å². The fraction of sp³-hybridized carbons (Fsp3) is 0.947. The highest BCUT2D eigenvalue weighted by Crippen LogP contribution is 2.13. The number of rotatable bonds is 16. The first-order valence-corrected chi connectivity index (χ1v) is 9.60. The monoisotopic (exact) mass is 312 g/mol. The van der Waals surface area contributed by atoms with Crippen LogP contribution in [0.5, 0.6) is 0 Å². The number of esters is 1. The van der Waals surface area contributed by atoms with Gasteiger partial charge in [0.05, 0.1) is 6.61 Å². The van der Waals surface area contributed by atoms with Gasteiger partial charge in [-0.1, -0.05) is 84.0 Å². The standard InChI is InChI=1S/C19H36O3/c1-2-3-4-5-6-7-8-9-10-11-12-13-14-15-19(20)22-17-18-16-21-18/h18H,2-17H2,1H3. The van der Waals surface area contributed by atoms with Gasteiger partial charge in [-0.2, -0.15) is 0 Å². The number of carbonyl (C=O) groups is 1. The van der Waals surface area contributed by atoms with E-state index < -0.39 is 0 Å². The SMILES string of the molecule is CCCCCCCCCCCCCCCC(=O)OCC1CO1. The molecule has 1 aliphatic heterocycles. The Labute approximate surface area is 137 Å². The molecule has 1 fully saturated rings. The highest BCUT2D eigenvalue weighted by atomic mass is 16.6. The summed E-state index contributed by atoms with van der Waals surface area (Å²) >= 11 is 0. The molecule has 3 heteroatoms. The third kappa shape index (κ3) is 13.1. The first-order valence-electron chi connectivity index (χ1n) is 9.60. The molecular formula is C19H36O3. The maximum atomic E-state index is 11.4. The lowest BCUT2D eigenvalue weighted by atomic mass is 10.0. The Morgan fingerprint density at radius 3 is 1.77 bits per heavy atom. The zero-order valence-electron chi connectivity index (χ0n) is 14.6. The highest BCUT2D eigenvalue weighted by molar-refractivity contribution is 5.69. The smallest absolute Gasteiger partial charge is 0.305 e. The summed E-state index contributed by atoms with van der Waals surface area (Å²) in [6.45, 7) is 3.48. The quantitative estimate of drug-likeness (QED) is 0.217. The number of hydrogen-bond donors (Lipinski definition) is 0. The Hall–Kier alpha value is -0.570. The summed E-state index contributed by atoms with van der Waals surface area (Å²) in [6.07, 6.45) is 18.1. The molecule has 0 aromatic carbocycles. The van der Waals surface area contributed by atoms with Gasteiger partial charge in [0.2, 0.25) is 0 Å². The van der Waals surface area contributed by atoms with Crippen molar-refractivity contribution in [3.05, 3.63) is 0 Å². The first-order chi connectivity index (χ1) is 10.8. The molecular weight excluding hydrogens is 276 g/mol. The summed E-state index contributed by atoms with van der Waals surface area (Å²) in [6, 6.07) is 0. The van der Waals surface area contributed by atoms with E-state index in [1.807, 2.05) is 0 Å². The van der Waals surface area contributed by atoms with Crippen molar-refractivity contribution >= 4 is 5.97 Å². The normalized spacial score (nSPS) is 16.7. The Morgan fingerprint density at radius 1 is 0.864 bits per heavy atom. The summed E-state index contributed by atoms with van der Waals surface area (Å²) in [5.41, 5.74) is 0. The van der Waals surface area contributed by atoms with Crippen LogP contribution >= 0.6 is 0 Å². The molecule has 130 valence electrons. The van der Waals surface area contributed by atoms with Gasteiger partial charge in [-0.05, 0) is 6.42 Å². The molecule has 1 unspecified atom stereocenters. The first kappa shape index (κ1) is 19.5. The Kier molecular flexibility index (Phi) is 12.4. The third-order valence-electron chi connectivity index (χ3n) is 4.32. The second kappa shape index (κ2) is 14.0. The zero-order valence-corrected chi connectivity index (χ0v) is 14.6. The van der Waals surface area contributed by atoms with Crippen molar-refractivity contribution in [1.29, 1.82) is 0 Å². The van der Waals surface area contributed by atoms with Crippen LogP contribution in [0.2, 0.25) is 0 Å². The zero-order chi connectivity index (χ0) is 15.9. The molecule has 22 heavy (non-hydrogen) atoms. The van der Waals surface area contributed by atoms with Crippen molar-refractivity contribution in [2.75, 3.05) is 13.2 Å². The topological polar surface area (TPSA) is 38.8 Å². The second-order valence-corrected chi connectivity index (χ2v) is 6.63. The van der Waals surface area contributed by atoms with E-state index in [9.17, 15) is 4.79 Å². The maximum Gasteiger partial charge on any atom is 0.305 e. The van der Waals surface area contributed by atoms with Crippen molar-refractivity contribution in [2.45, 2.75) is 103 Å². The molecule has 0 aliphatic carbocycles. The predicted octanol–water partition coefficient (Wildman–Crippen LogP) is 5.41. The van der Waals surface area contributed by atoms with Crippen LogP contribution in [0.4, 0.5) is 0 Å². The molecule has 1 atom stereocenters. The van der Waals surface area contributed by atoms with Crippen LogP contribution in [-0.2, 0) is 14.3 Å². The van der Waals surface area contributed by atoms with E-state index in [1.165, 1.54) is 70.6 Å². The molecule has 0 aromatic rings. The number of unbranched alkanes of at least 4 members (excludes halogenated alkanes) is 12. The molecule has 0 bridgehead atoms. The largest absolute Gasteiger partial charge is 0.463 e. The molecule has 0 spiro atoms. The minimum atomic E-state index is -0.0569. The molecule has 0 amide bonds. The number of epoxide rings is 1. The van der Waals surface area contributed by atoms with Crippen molar-refractivity contribution in [1.82, 2.24) is 0 Å². The van der Waals surface area contributed by atoms with Gasteiger partial charge in [-0.15, -0.1) is 0 Å². The summed E-state index contributed by atoms with van der Waals surface area (Å²) < 4.78 is 10.1. The van der Waals surface area contributed by atoms with Gasteiger partial charge in [-0.3, -0.25) is 4.79 Å². The highest BCUT2D eigenvalue weighted by Gasteiger charge is 2.23. The third-order valence-corrected chi connectivity index (χ3v) is 4.32. The molecule has 1 saturated heterocycles. The Morgan fingerprint density at radius 2 is 1.32 bits per heavy atom. The molecule has 0 N–H and O–H groups in total. The summed E-state index contributed by atoms with van der Waals surface area (Å²) in [5, 5.41) is 0. The van der Waals surface area contributed by atoms with Crippen molar-refractivity contribution in [2.24, 2.45) is 0 Å². The summed E-state index contributed by atoms with van der Waals surface area (Å²) in [7, 11) is 0. The minimum absolute atomic E-state index is 0.0569. The second-order valence-electron chi connectivity index (χ2n) is 6.63. The molecule has 0 radical (unpaired) electrons. The van der Waals surface area contributed by atoms with Crippen molar-refractivity contribution < 1.29 is 14.3 Å². The lowest BCUT2D eigenvalue weighted by Crippen LogP contribution is -2.09. The van der Waals surface area contributed by atoms with Crippen LogP contribution < -0.4 is 0 Å². The number of ether oxygens (including phenoxy) is 2. The van der Waals surface area contributed by atoms with Crippen molar-refractivity contribution in [3.8, 4) is 0 Å². The summed E-state index contributed by atoms with van der Waals surface area (Å²) in [4.78, 5) is 11.4. The minimum Gasteiger partial charge on any atom is -0.463 e. The molecule has 0 aromatic heterocycles. The lowest BCUT2D eigenvalue weighted by molar-refractivity contribution is -0.144. The molecule has 1 heterocycles. The van der Waals surface area contributed by atoms with Crippen molar-refractivity contribution in [3.63, 3.8) is 0 Å². The van der Waals surface area contributed by atoms with E-state index in [-0.39, 0.29) is 12.1 Å². The van der Waals surface area contributed by atoms with E-state index in [1.54, 1.807) is 0 Å². The van der Waals surface area contributed by atoms with Crippen LogP contribution in [0.3, 0.4) is 0 Å². The Balaban J connectivity index is 1.68. The van der Waals surface area contributed by atoms with Gasteiger partial charge < -0.3 is 9.47 Å². The van der Waals surface area contributed by atoms with E-state index >= 15 is 0 Å². The Bertz CT molecular complexity index is 261.